The Hall–Kier alpha value is -3.09. The van der Waals surface area contributed by atoms with E-state index in [1.54, 1.807) is 24.3 Å². The summed E-state index contributed by atoms with van der Waals surface area (Å²) in [6.07, 6.45) is -4.47. The number of hydrogen-bond acceptors (Lipinski definition) is 3. The molecule has 2 aromatic carbocycles. The monoisotopic (exact) mass is 347 g/mol. The van der Waals surface area contributed by atoms with Crippen LogP contribution in [0.15, 0.2) is 52.9 Å². The molecule has 0 saturated carbocycles. The molecule has 128 valence electrons. The van der Waals surface area contributed by atoms with Gasteiger partial charge in [-0.1, -0.05) is 12.1 Å². The summed E-state index contributed by atoms with van der Waals surface area (Å²) >= 11 is 0. The van der Waals surface area contributed by atoms with Crippen LogP contribution >= 0.6 is 0 Å². The molecule has 1 amide bonds. The number of halogens is 3. The van der Waals surface area contributed by atoms with Crippen LogP contribution in [0.2, 0.25) is 0 Å². The van der Waals surface area contributed by atoms with E-state index in [4.69, 9.17) is 4.42 Å². The Kier molecular flexibility index (Phi) is 4.08. The van der Waals surface area contributed by atoms with Crippen LogP contribution in [-0.4, -0.2) is 11.7 Å². The molecule has 25 heavy (non-hydrogen) atoms. The third-order valence-electron chi connectivity index (χ3n) is 3.63. The number of amides is 1. The highest BCUT2D eigenvalue weighted by Crippen LogP contribution is 2.32. The minimum Gasteiger partial charge on any atom is -0.451 e. The first-order valence-electron chi connectivity index (χ1n) is 7.28. The van der Waals surface area contributed by atoms with Crippen molar-refractivity contribution in [1.29, 1.82) is 0 Å². The van der Waals surface area contributed by atoms with Gasteiger partial charge in [-0.15, -0.1) is 0 Å². The molecule has 0 aliphatic rings. The van der Waals surface area contributed by atoms with E-state index in [2.05, 4.69) is 5.32 Å². The molecule has 0 fully saturated rings. The SMILES string of the molecule is CC(=O)c1oc2ccccc2c1NC(=O)c1ccc(C(F)(F)F)cc1. The fourth-order valence-corrected chi connectivity index (χ4v) is 2.41. The van der Waals surface area contributed by atoms with Crippen molar-refractivity contribution in [2.45, 2.75) is 13.1 Å². The maximum atomic E-state index is 12.6. The summed E-state index contributed by atoms with van der Waals surface area (Å²) in [6.45, 7) is 1.30. The second-order valence-corrected chi connectivity index (χ2v) is 5.39. The van der Waals surface area contributed by atoms with Crippen molar-refractivity contribution >= 4 is 28.3 Å². The summed E-state index contributed by atoms with van der Waals surface area (Å²) in [4.78, 5) is 24.1. The lowest BCUT2D eigenvalue weighted by Crippen LogP contribution is -2.14. The standard InChI is InChI=1S/C18H12F3NO3/c1-10(23)16-15(13-4-2-3-5-14(13)25-16)22-17(24)11-6-8-12(9-7-11)18(19,20)21/h2-9H,1H3,(H,22,24). The summed E-state index contributed by atoms with van der Waals surface area (Å²) in [7, 11) is 0. The van der Waals surface area contributed by atoms with Crippen LogP contribution in [-0.2, 0) is 6.18 Å². The maximum Gasteiger partial charge on any atom is 0.416 e. The van der Waals surface area contributed by atoms with Crippen LogP contribution in [0, 0.1) is 0 Å². The molecular weight excluding hydrogens is 335 g/mol. The highest BCUT2D eigenvalue weighted by Gasteiger charge is 2.30. The molecule has 0 saturated heterocycles. The Morgan fingerprint density at radius 2 is 1.64 bits per heavy atom. The van der Waals surface area contributed by atoms with Gasteiger partial charge in [-0.3, -0.25) is 9.59 Å². The van der Waals surface area contributed by atoms with Gasteiger partial charge in [-0.25, -0.2) is 0 Å². The van der Waals surface area contributed by atoms with Gasteiger partial charge in [0.2, 0.25) is 0 Å². The third kappa shape index (κ3) is 3.26. The number of fused-ring (bicyclic) bond motifs is 1. The number of para-hydroxylation sites is 1. The summed E-state index contributed by atoms with van der Waals surface area (Å²) in [5.41, 5.74) is -0.182. The van der Waals surface area contributed by atoms with Crippen LogP contribution in [0.3, 0.4) is 0 Å². The fraction of sp³-hybridized carbons (Fsp3) is 0.111. The molecule has 0 bridgehead atoms. The molecule has 3 rings (SSSR count). The summed E-state index contributed by atoms with van der Waals surface area (Å²) < 4.78 is 43.2. The van der Waals surface area contributed by atoms with Crippen molar-refractivity contribution in [2.24, 2.45) is 0 Å². The summed E-state index contributed by atoms with van der Waals surface area (Å²) in [5, 5.41) is 3.09. The van der Waals surface area contributed by atoms with E-state index in [-0.39, 0.29) is 22.8 Å². The number of Topliss-reactive ketones (excluding diaryl/α,β-unsaturated/α-hetero) is 1. The molecular formula is C18H12F3NO3. The van der Waals surface area contributed by atoms with Gasteiger partial charge in [0.05, 0.1) is 11.3 Å². The fourth-order valence-electron chi connectivity index (χ4n) is 2.41. The average Bonchev–Trinajstić information content (AvgIpc) is 2.93. The molecule has 4 nitrogen and oxygen atoms in total. The lowest BCUT2D eigenvalue weighted by molar-refractivity contribution is -0.137. The van der Waals surface area contributed by atoms with Crippen LogP contribution in [0.1, 0.15) is 33.4 Å². The zero-order chi connectivity index (χ0) is 18.2. The summed E-state index contributed by atoms with van der Waals surface area (Å²) in [6, 6.07) is 10.6. The molecule has 1 heterocycles. The number of anilines is 1. The molecule has 0 spiro atoms. The highest BCUT2D eigenvalue weighted by molar-refractivity contribution is 6.14. The number of furan rings is 1. The molecule has 3 aromatic rings. The van der Waals surface area contributed by atoms with Crippen molar-refractivity contribution in [1.82, 2.24) is 0 Å². The van der Waals surface area contributed by atoms with E-state index in [1.807, 2.05) is 0 Å². The largest absolute Gasteiger partial charge is 0.451 e. The summed E-state index contributed by atoms with van der Waals surface area (Å²) in [5.74, 6) is -1.02. The Balaban J connectivity index is 1.94. The first-order chi connectivity index (χ1) is 11.8. The zero-order valence-corrected chi connectivity index (χ0v) is 13.0. The Labute approximate surface area is 140 Å². The number of ketones is 1. The topological polar surface area (TPSA) is 59.3 Å². The van der Waals surface area contributed by atoms with Gasteiger partial charge in [0.1, 0.15) is 5.58 Å². The second-order valence-electron chi connectivity index (χ2n) is 5.39. The van der Waals surface area contributed by atoms with Crippen LogP contribution in [0.5, 0.6) is 0 Å². The van der Waals surface area contributed by atoms with Crippen LogP contribution < -0.4 is 5.32 Å². The smallest absolute Gasteiger partial charge is 0.416 e. The number of benzene rings is 2. The third-order valence-corrected chi connectivity index (χ3v) is 3.63. The molecule has 7 heteroatoms. The number of nitrogens with one attached hydrogen (secondary N) is 1. The second kappa shape index (κ2) is 6.08. The molecule has 0 aliphatic heterocycles. The van der Waals surface area contributed by atoms with Crippen molar-refractivity contribution in [3.8, 4) is 0 Å². The number of rotatable bonds is 3. The van der Waals surface area contributed by atoms with Crippen LogP contribution in [0.25, 0.3) is 11.0 Å². The normalized spacial score (nSPS) is 11.5. The highest BCUT2D eigenvalue weighted by atomic mass is 19.4. The predicted molar refractivity (Wildman–Crippen MR) is 85.6 cm³/mol. The first kappa shape index (κ1) is 16.8. The van der Waals surface area contributed by atoms with Crippen molar-refractivity contribution < 1.29 is 27.2 Å². The molecule has 0 atom stereocenters. The van der Waals surface area contributed by atoms with E-state index in [1.165, 1.54) is 6.92 Å². The maximum absolute atomic E-state index is 12.6. The van der Waals surface area contributed by atoms with Gasteiger partial charge in [-0.2, -0.15) is 13.2 Å². The quantitative estimate of drug-likeness (QED) is 0.685. The Bertz CT molecular complexity index is 956. The average molecular weight is 347 g/mol. The molecule has 1 aromatic heterocycles. The van der Waals surface area contributed by atoms with Crippen molar-refractivity contribution in [2.75, 3.05) is 5.32 Å². The van der Waals surface area contributed by atoms with Crippen LogP contribution in [0.4, 0.5) is 18.9 Å². The molecule has 0 aliphatic carbocycles. The predicted octanol–water partition coefficient (Wildman–Crippen LogP) is 4.91. The lowest BCUT2D eigenvalue weighted by atomic mass is 10.1. The van der Waals surface area contributed by atoms with Gasteiger partial charge in [0.25, 0.3) is 5.91 Å². The van der Waals surface area contributed by atoms with E-state index < -0.39 is 17.6 Å². The van der Waals surface area contributed by atoms with E-state index in [0.29, 0.717) is 11.0 Å². The Morgan fingerprint density at radius 3 is 2.24 bits per heavy atom. The zero-order valence-electron chi connectivity index (χ0n) is 13.0. The first-order valence-corrected chi connectivity index (χ1v) is 7.28. The van der Waals surface area contributed by atoms with Gasteiger partial charge >= 0.3 is 6.18 Å². The minimum absolute atomic E-state index is 0.0125. The number of carbonyl (C=O) groups is 2. The molecule has 0 unspecified atom stereocenters. The number of hydrogen-bond donors (Lipinski definition) is 1. The number of carbonyl (C=O) groups excluding carboxylic acids is 2. The molecule has 1 N–H and O–H groups in total. The van der Waals surface area contributed by atoms with Gasteiger partial charge < -0.3 is 9.73 Å². The van der Waals surface area contributed by atoms with Gasteiger partial charge in [-0.05, 0) is 36.4 Å². The minimum atomic E-state index is -4.47. The number of alkyl halides is 3. The Morgan fingerprint density at radius 1 is 1.00 bits per heavy atom. The van der Waals surface area contributed by atoms with E-state index in [0.717, 1.165) is 24.3 Å². The van der Waals surface area contributed by atoms with Gasteiger partial charge in [0, 0.05) is 17.9 Å². The lowest BCUT2D eigenvalue weighted by Gasteiger charge is -2.08. The molecule has 0 radical (unpaired) electrons. The van der Waals surface area contributed by atoms with Crippen molar-refractivity contribution in [3.05, 3.63) is 65.4 Å². The van der Waals surface area contributed by atoms with E-state index >= 15 is 0 Å². The van der Waals surface area contributed by atoms with Gasteiger partial charge in [0.15, 0.2) is 11.5 Å². The van der Waals surface area contributed by atoms with E-state index in [9.17, 15) is 22.8 Å². The van der Waals surface area contributed by atoms with Crippen molar-refractivity contribution in [3.63, 3.8) is 0 Å².